The van der Waals surface area contributed by atoms with Gasteiger partial charge in [-0.1, -0.05) is 6.58 Å². The number of amidine groups is 1. The number of hydrogen-bond donors (Lipinski definition) is 0. The molecule has 1 aliphatic heterocycles. The lowest BCUT2D eigenvalue weighted by atomic mass is 10.1. The Morgan fingerprint density at radius 2 is 2.31 bits per heavy atom. The molecule has 62 valence electrons. The van der Waals surface area contributed by atoms with Crippen molar-refractivity contribution in [2.45, 2.75) is 6.92 Å². The van der Waals surface area contributed by atoms with Crippen LogP contribution in [0.25, 0.3) is 5.70 Å². The van der Waals surface area contributed by atoms with Crippen molar-refractivity contribution in [3.63, 3.8) is 0 Å². The Morgan fingerprint density at radius 1 is 1.54 bits per heavy atom. The van der Waals surface area contributed by atoms with E-state index in [1.807, 2.05) is 0 Å². The molecule has 0 saturated carbocycles. The van der Waals surface area contributed by atoms with Gasteiger partial charge in [0.2, 0.25) is 7.98 Å². The van der Waals surface area contributed by atoms with Gasteiger partial charge in [-0.25, -0.2) is 15.0 Å². The summed E-state index contributed by atoms with van der Waals surface area (Å²) in [6, 6.07) is 0. The maximum absolute atomic E-state index is 5.68. The van der Waals surface area contributed by atoms with Crippen LogP contribution in [0.3, 0.4) is 0 Å². The summed E-state index contributed by atoms with van der Waals surface area (Å²) in [5.74, 6) is 0.687. The molecular formula is C8H7BN4. The lowest BCUT2D eigenvalue weighted by molar-refractivity contribution is 0.887. The zero-order valence-corrected chi connectivity index (χ0v) is 7.23. The zero-order valence-electron chi connectivity index (χ0n) is 7.23. The molecule has 1 aromatic heterocycles. The molecule has 1 aliphatic rings. The molecule has 2 rings (SSSR count). The van der Waals surface area contributed by atoms with Gasteiger partial charge in [0.05, 0.1) is 12.0 Å². The van der Waals surface area contributed by atoms with Gasteiger partial charge >= 0.3 is 0 Å². The van der Waals surface area contributed by atoms with E-state index in [1.54, 1.807) is 13.1 Å². The topological polar surface area (TPSA) is 41.4 Å². The summed E-state index contributed by atoms with van der Waals surface area (Å²) in [7, 11) is 5.68. The van der Waals surface area contributed by atoms with E-state index in [0.717, 1.165) is 0 Å². The predicted octanol–water partition coefficient (Wildman–Crippen LogP) is 0.896. The van der Waals surface area contributed by atoms with Crippen LogP contribution >= 0.6 is 0 Å². The average Bonchev–Trinajstić information content (AvgIpc) is 2.15. The van der Waals surface area contributed by atoms with Gasteiger partial charge in [-0.3, -0.25) is 0 Å². The highest BCUT2D eigenvalue weighted by molar-refractivity contribution is 6.22. The zero-order chi connectivity index (χ0) is 9.42. The minimum atomic E-state index is 0.643. The molecule has 0 spiro atoms. The number of rotatable bonds is 0. The number of hydrogen-bond acceptors (Lipinski definition) is 4. The molecule has 0 atom stereocenters. The fourth-order valence-electron chi connectivity index (χ4n) is 1.16. The molecule has 4 nitrogen and oxygen atoms in total. The van der Waals surface area contributed by atoms with Crippen LogP contribution in [0.1, 0.15) is 12.6 Å². The molecule has 0 aliphatic carbocycles. The molecule has 2 radical (unpaired) electrons. The first-order valence-electron chi connectivity index (χ1n) is 3.79. The molecular weight excluding hydrogens is 163 g/mol. The molecule has 0 unspecified atom stereocenters. The maximum atomic E-state index is 5.68. The molecule has 0 N–H and O–H groups in total. The Kier molecular flexibility index (Phi) is 1.65. The standard InChI is InChI=1S/C8H7BN4/c1-5-8-7(3-10-4-11-8)12-6(2)13(5)9/h3-4H,1H2,2H3. The van der Waals surface area contributed by atoms with E-state index in [4.69, 9.17) is 7.98 Å². The van der Waals surface area contributed by atoms with Gasteiger partial charge in [-0.15, -0.1) is 0 Å². The second-order valence-electron chi connectivity index (χ2n) is 2.73. The van der Waals surface area contributed by atoms with E-state index in [1.165, 1.54) is 11.1 Å². The minimum Gasteiger partial charge on any atom is -0.385 e. The Balaban J connectivity index is 2.63. The van der Waals surface area contributed by atoms with E-state index in [9.17, 15) is 0 Å². The van der Waals surface area contributed by atoms with E-state index >= 15 is 0 Å². The van der Waals surface area contributed by atoms with Crippen molar-refractivity contribution in [3.05, 3.63) is 24.8 Å². The first-order chi connectivity index (χ1) is 6.20. The third-order valence-corrected chi connectivity index (χ3v) is 1.89. The largest absolute Gasteiger partial charge is 0.385 e. The molecule has 0 fully saturated rings. The van der Waals surface area contributed by atoms with Gasteiger partial charge < -0.3 is 4.81 Å². The van der Waals surface area contributed by atoms with Gasteiger partial charge in [0.25, 0.3) is 0 Å². The molecule has 2 heterocycles. The third kappa shape index (κ3) is 1.12. The third-order valence-electron chi connectivity index (χ3n) is 1.89. The van der Waals surface area contributed by atoms with E-state index in [2.05, 4.69) is 21.5 Å². The van der Waals surface area contributed by atoms with Crippen molar-refractivity contribution in [3.8, 4) is 0 Å². The Morgan fingerprint density at radius 3 is 3.08 bits per heavy atom. The average molecular weight is 170 g/mol. The number of aliphatic imine (C=N–C) groups is 1. The van der Waals surface area contributed by atoms with Gasteiger partial charge in [-0.2, -0.15) is 0 Å². The first-order valence-corrected chi connectivity index (χ1v) is 3.79. The van der Waals surface area contributed by atoms with Crippen molar-refractivity contribution in [2.75, 3.05) is 0 Å². The molecule has 0 aromatic carbocycles. The molecule has 1 aromatic rings. The lowest BCUT2D eigenvalue weighted by Gasteiger charge is -2.26. The Bertz CT molecular complexity index is 399. The summed E-state index contributed by atoms with van der Waals surface area (Å²) in [6.07, 6.45) is 3.10. The van der Waals surface area contributed by atoms with Crippen LogP contribution in [-0.2, 0) is 0 Å². The molecule has 0 bridgehead atoms. The summed E-state index contributed by atoms with van der Waals surface area (Å²) in [5, 5.41) is 0. The second kappa shape index (κ2) is 2.69. The predicted molar refractivity (Wildman–Crippen MR) is 51.4 cm³/mol. The number of fused-ring (bicyclic) bond motifs is 1. The first kappa shape index (κ1) is 7.98. The number of nitrogens with zero attached hydrogens (tertiary/aromatic N) is 4. The smallest absolute Gasteiger partial charge is 0.236 e. The van der Waals surface area contributed by atoms with Crippen molar-refractivity contribution in [1.82, 2.24) is 14.8 Å². The maximum Gasteiger partial charge on any atom is 0.236 e. The van der Waals surface area contributed by atoms with Crippen LogP contribution in [0, 0.1) is 0 Å². The van der Waals surface area contributed by atoms with Gasteiger partial charge in [0, 0.05) is 5.70 Å². The van der Waals surface area contributed by atoms with Crippen molar-refractivity contribution >= 4 is 25.2 Å². The Hall–Kier alpha value is -1.65. The summed E-state index contributed by atoms with van der Waals surface area (Å²) < 4.78 is 0. The van der Waals surface area contributed by atoms with Crippen molar-refractivity contribution in [2.24, 2.45) is 4.99 Å². The van der Waals surface area contributed by atoms with Crippen LogP contribution in [0.2, 0.25) is 0 Å². The van der Waals surface area contributed by atoms with Gasteiger partial charge in [0.15, 0.2) is 0 Å². The molecule has 13 heavy (non-hydrogen) atoms. The van der Waals surface area contributed by atoms with Crippen molar-refractivity contribution < 1.29 is 0 Å². The molecule has 0 amide bonds. The van der Waals surface area contributed by atoms with Gasteiger partial charge in [0.1, 0.15) is 17.7 Å². The van der Waals surface area contributed by atoms with E-state index in [-0.39, 0.29) is 0 Å². The van der Waals surface area contributed by atoms with Crippen LogP contribution in [0.15, 0.2) is 24.1 Å². The van der Waals surface area contributed by atoms with E-state index in [0.29, 0.717) is 22.9 Å². The lowest BCUT2D eigenvalue weighted by Crippen LogP contribution is -2.26. The summed E-state index contributed by atoms with van der Waals surface area (Å²) in [4.78, 5) is 13.5. The van der Waals surface area contributed by atoms with Gasteiger partial charge in [-0.05, 0) is 6.92 Å². The fourth-order valence-corrected chi connectivity index (χ4v) is 1.16. The normalized spacial score (nSPS) is 15.3. The highest BCUT2D eigenvalue weighted by Gasteiger charge is 2.17. The minimum absolute atomic E-state index is 0.643. The summed E-state index contributed by atoms with van der Waals surface area (Å²) >= 11 is 0. The van der Waals surface area contributed by atoms with Crippen LogP contribution in [0.4, 0.5) is 5.69 Å². The SMILES string of the molecule is [B]N1C(=C)c2ncncc2N=C1C. The highest BCUT2D eigenvalue weighted by atomic mass is 15.2. The quantitative estimate of drug-likeness (QED) is 0.543. The molecule has 0 saturated heterocycles. The van der Waals surface area contributed by atoms with Crippen LogP contribution < -0.4 is 0 Å². The summed E-state index contributed by atoms with van der Waals surface area (Å²) in [6.45, 7) is 5.62. The molecule has 5 heteroatoms. The monoisotopic (exact) mass is 170 g/mol. The van der Waals surface area contributed by atoms with Crippen molar-refractivity contribution in [1.29, 1.82) is 0 Å². The fraction of sp³-hybridized carbons (Fsp3) is 0.125. The number of aromatic nitrogens is 2. The van der Waals surface area contributed by atoms with E-state index < -0.39 is 0 Å². The van der Waals surface area contributed by atoms with Crippen LogP contribution in [-0.4, -0.2) is 28.6 Å². The Labute approximate surface area is 77.5 Å². The second-order valence-corrected chi connectivity index (χ2v) is 2.73. The highest BCUT2D eigenvalue weighted by Crippen LogP contribution is 2.28. The summed E-state index contributed by atoms with van der Waals surface area (Å²) in [5.41, 5.74) is 2.04. The van der Waals surface area contributed by atoms with Crippen LogP contribution in [0.5, 0.6) is 0 Å².